The van der Waals surface area contributed by atoms with Crippen LogP contribution in [0.1, 0.15) is 19.3 Å². The summed E-state index contributed by atoms with van der Waals surface area (Å²) < 4.78 is 5.06. The van der Waals surface area contributed by atoms with Crippen LogP contribution < -0.4 is 0 Å². The Kier molecular flexibility index (Phi) is 11.4. The van der Waals surface area contributed by atoms with E-state index in [0.717, 1.165) is 31.2 Å². The van der Waals surface area contributed by atoms with E-state index >= 15 is 0 Å². The van der Waals surface area contributed by atoms with Crippen LogP contribution in [0, 0.1) is 0 Å². The van der Waals surface area contributed by atoms with Crippen LogP contribution in [-0.2, 0) is 14.3 Å². The van der Waals surface area contributed by atoms with Crippen LogP contribution >= 0.6 is 11.8 Å². The van der Waals surface area contributed by atoms with E-state index in [2.05, 4.69) is 0 Å². The molecule has 0 spiro atoms. The summed E-state index contributed by atoms with van der Waals surface area (Å²) in [4.78, 5) is 20.7. The third-order valence-corrected chi connectivity index (χ3v) is 2.93. The van der Waals surface area contributed by atoms with Gasteiger partial charge in [-0.1, -0.05) is 0 Å². The maximum Gasteiger partial charge on any atom is 0.132 e. The third kappa shape index (κ3) is 9.90. The molecule has 0 aliphatic heterocycles. The van der Waals surface area contributed by atoms with E-state index in [9.17, 15) is 9.59 Å². The predicted octanol–water partition coefficient (Wildman–Crippen LogP) is 0.665. The Morgan fingerprint density at radius 2 is 2.13 bits per heavy atom. The highest BCUT2D eigenvalue weighted by Crippen LogP contribution is 2.14. The zero-order valence-electron chi connectivity index (χ0n) is 8.76. The second-order valence-electron chi connectivity index (χ2n) is 2.98. The lowest BCUT2D eigenvalue weighted by Crippen LogP contribution is -2.09. The number of thioether (sulfide) groups is 1. The first-order valence-corrected chi connectivity index (χ1v) is 6.09. The van der Waals surface area contributed by atoms with E-state index < -0.39 is 0 Å². The van der Waals surface area contributed by atoms with E-state index in [1.807, 2.05) is 0 Å². The molecule has 0 saturated carbocycles. The van der Waals surface area contributed by atoms with Gasteiger partial charge in [0, 0.05) is 12.2 Å². The molecule has 1 unspecified atom stereocenters. The number of hydrogen-bond donors (Lipinski definition) is 1. The largest absolute Gasteiger partial charge is 0.394 e. The predicted molar refractivity (Wildman–Crippen MR) is 60.1 cm³/mol. The maximum absolute atomic E-state index is 10.6. The standard InChI is InChI=1S/C10H18O4S/c11-4-2-1-3-10(9-13)15-8-7-14-6-5-12/h4,9-10,12H,1-3,5-8H2. The van der Waals surface area contributed by atoms with Crippen molar-refractivity contribution in [1.82, 2.24) is 0 Å². The second-order valence-corrected chi connectivity index (χ2v) is 4.33. The van der Waals surface area contributed by atoms with Gasteiger partial charge in [-0.05, 0) is 12.8 Å². The topological polar surface area (TPSA) is 63.6 Å². The average Bonchev–Trinajstić information content (AvgIpc) is 2.26. The molecule has 0 fully saturated rings. The quantitative estimate of drug-likeness (QED) is 0.420. The number of unbranched alkanes of at least 4 members (excludes halogenated alkanes) is 1. The summed E-state index contributed by atoms with van der Waals surface area (Å²) in [5.41, 5.74) is 0. The van der Waals surface area contributed by atoms with E-state index in [0.29, 0.717) is 19.6 Å². The minimum absolute atomic E-state index is 0.0289. The van der Waals surface area contributed by atoms with E-state index in [4.69, 9.17) is 9.84 Å². The summed E-state index contributed by atoms with van der Waals surface area (Å²) in [6.07, 6.45) is 3.81. The van der Waals surface area contributed by atoms with Crippen molar-refractivity contribution in [3.8, 4) is 0 Å². The molecule has 5 heteroatoms. The molecular weight excluding hydrogens is 216 g/mol. The molecule has 0 bridgehead atoms. The molecule has 88 valence electrons. The lowest BCUT2D eigenvalue weighted by atomic mass is 10.2. The monoisotopic (exact) mass is 234 g/mol. The normalized spacial score (nSPS) is 12.3. The molecule has 4 nitrogen and oxygen atoms in total. The second kappa shape index (κ2) is 11.7. The molecular formula is C10H18O4S. The molecule has 0 aromatic carbocycles. The minimum atomic E-state index is -0.0392. The Hall–Kier alpha value is -0.390. The number of carbonyl (C=O) groups is 2. The molecule has 0 aliphatic carbocycles. The van der Waals surface area contributed by atoms with Crippen molar-refractivity contribution in [1.29, 1.82) is 0 Å². The molecule has 0 aliphatic rings. The molecule has 0 rings (SSSR count). The van der Waals surface area contributed by atoms with Crippen molar-refractivity contribution in [2.24, 2.45) is 0 Å². The number of ether oxygens (including phenoxy) is 1. The molecule has 0 amide bonds. The number of aliphatic hydroxyl groups excluding tert-OH is 1. The van der Waals surface area contributed by atoms with Crippen LogP contribution in [0.4, 0.5) is 0 Å². The summed E-state index contributed by atoms with van der Waals surface area (Å²) in [7, 11) is 0. The van der Waals surface area contributed by atoms with Gasteiger partial charge in [-0.25, -0.2) is 0 Å². The molecule has 0 radical (unpaired) electrons. The van der Waals surface area contributed by atoms with Crippen LogP contribution in [0.15, 0.2) is 0 Å². The first kappa shape index (κ1) is 14.6. The smallest absolute Gasteiger partial charge is 0.132 e. The first-order valence-electron chi connectivity index (χ1n) is 5.04. The Morgan fingerprint density at radius 1 is 1.33 bits per heavy atom. The summed E-state index contributed by atoms with van der Waals surface area (Å²) >= 11 is 1.53. The first-order chi connectivity index (χ1) is 7.35. The molecule has 1 N–H and O–H groups in total. The van der Waals surface area contributed by atoms with Crippen LogP contribution in [0.5, 0.6) is 0 Å². The van der Waals surface area contributed by atoms with E-state index in [1.165, 1.54) is 11.8 Å². The third-order valence-electron chi connectivity index (χ3n) is 1.76. The molecule has 0 aromatic rings. The van der Waals surface area contributed by atoms with Crippen LogP contribution in [0.3, 0.4) is 0 Å². The van der Waals surface area contributed by atoms with Gasteiger partial charge >= 0.3 is 0 Å². The highest BCUT2D eigenvalue weighted by molar-refractivity contribution is 8.00. The van der Waals surface area contributed by atoms with Gasteiger partial charge in [-0.15, -0.1) is 11.8 Å². The van der Waals surface area contributed by atoms with Crippen molar-refractivity contribution in [3.63, 3.8) is 0 Å². The van der Waals surface area contributed by atoms with Crippen molar-refractivity contribution in [3.05, 3.63) is 0 Å². The van der Waals surface area contributed by atoms with Gasteiger partial charge < -0.3 is 19.4 Å². The van der Waals surface area contributed by atoms with Crippen LogP contribution in [0.25, 0.3) is 0 Å². The fourth-order valence-electron chi connectivity index (χ4n) is 1.02. The van der Waals surface area contributed by atoms with Gasteiger partial charge in [0.1, 0.15) is 12.6 Å². The maximum atomic E-state index is 10.6. The summed E-state index contributed by atoms with van der Waals surface area (Å²) in [6, 6.07) is 0. The lowest BCUT2D eigenvalue weighted by molar-refractivity contribution is -0.109. The number of rotatable bonds is 11. The van der Waals surface area contributed by atoms with Crippen molar-refractivity contribution >= 4 is 24.3 Å². The Balaban J connectivity index is 3.35. The van der Waals surface area contributed by atoms with E-state index in [1.54, 1.807) is 0 Å². The van der Waals surface area contributed by atoms with Gasteiger partial charge in [-0.2, -0.15) is 0 Å². The number of aldehydes is 2. The van der Waals surface area contributed by atoms with E-state index in [-0.39, 0.29) is 11.9 Å². The number of hydrogen-bond acceptors (Lipinski definition) is 5. The summed E-state index contributed by atoms with van der Waals surface area (Å²) in [5.74, 6) is 0.741. The van der Waals surface area contributed by atoms with Gasteiger partial charge in [0.05, 0.1) is 25.1 Å². The van der Waals surface area contributed by atoms with Gasteiger partial charge in [0.15, 0.2) is 0 Å². The molecule has 15 heavy (non-hydrogen) atoms. The Labute approximate surface area is 94.4 Å². The average molecular weight is 234 g/mol. The fraction of sp³-hybridized carbons (Fsp3) is 0.800. The molecule has 0 aromatic heterocycles. The van der Waals surface area contributed by atoms with Crippen molar-refractivity contribution in [2.75, 3.05) is 25.6 Å². The Bertz CT molecular complexity index is 164. The highest BCUT2D eigenvalue weighted by atomic mass is 32.2. The van der Waals surface area contributed by atoms with Crippen molar-refractivity contribution < 1.29 is 19.4 Å². The fourth-order valence-corrected chi connectivity index (χ4v) is 1.95. The summed E-state index contributed by atoms with van der Waals surface area (Å²) in [6.45, 7) is 0.918. The number of aliphatic hydroxyl groups is 1. The molecule has 0 heterocycles. The van der Waals surface area contributed by atoms with Gasteiger partial charge in [0.25, 0.3) is 0 Å². The zero-order valence-corrected chi connectivity index (χ0v) is 9.58. The molecule has 1 atom stereocenters. The lowest BCUT2D eigenvalue weighted by Gasteiger charge is -2.08. The van der Waals surface area contributed by atoms with Crippen LogP contribution in [0.2, 0.25) is 0 Å². The van der Waals surface area contributed by atoms with Crippen molar-refractivity contribution in [2.45, 2.75) is 24.5 Å². The van der Waals surface area contributed by atoms with Gasteiger partial charge in [0.2, 0.25) is 0 Å². The Morgan fingerprint density at radius 3 is 2.73 bits per heavy atom. The SMILES string of the molecule is O=CCCCC(C=O)SCCOCCO. The van der Waals surface area contributed by atoms with Crippen LogP contribution in [-0.4, -0.2) is 48.5 Å². The molecule has 0 saturated heterocycles. The minimum Gasteiger partial charge on any atom is -0.394 e. The highest BCUT2D eigenvalue weighted by Gasteiger charge is 2.06. The summed E-state index contributed by atoms with van der Waals surface area (Å²) in [5, 5.41) is 8.40. The zero-order chi connectivity index (χ0) is 11.4. The van der Waals surface area contributed by atoms with Gasteiger partial charge in [-0.3, -0.25) is 0 Å². The number of carbonyl (C=O) groups excluding carboxylic acids is 2.